The number of benzene rings is 1. The van der Waals surface area contributed by atoms with Crippen molar-refractivity contribution in [2.24, 2.45) is 35.5 Å². The van der Waals surface area contributed by atoms with Gasteiger partial charge in [-0.1, -0.05) is 32.1 Å². The van der Waals surface area contributed by atoms with Crippen LogP contribution in [0.3, 0.4) is 0 Å². The maximum atomic E-state index is 15.2. The van der Waals surface area contributed by atoms with Gasteiger partial charge in [-0.2, -0.15) is 0 Å². The Morgan fingerprint density at radius 2 is 1.56 bits per heavy atom. The Labute approximate surface area is 375 Å². The zero-order chi connectivity index (χ0) is 45.1. The van der Waals surface area contributed by atoms with Crippen LogP contribution in [0.2, 0.25) is 0 Å². The molecule has 354 valence electrons. The van der Waals surface area contributed by atoms with Crippen LogP contribution in [0.25, 0.3) is 0 Å². The summed E-state index contributed by atoms with van der Waals surface area (Å²) in [6.45, 7) is 8.55. The van der Waals surface area contributed by atoms with Gasteiger partial charge in [0.05, 0.1) is 44.1 Å². The number of ether oxygens (including phenoxy) is 9. The summed E-state index contributed by atoms with van der Waals surface area (Å²) < 4.78 is 55.7. The number of esters is 1. The Morgan fingerprint density at radius 1 is 0.841 bits per heavy atom. The first-order valence-electron chi connectivity index (χ1n) is 23.7. The molecule has 14 nitrogen and oxygen atoms in total. The quantitative estimate of drug-likeness (QED) is 0.241. The van der Waals surface area contributed by atoms with Gasteiger partial charge in [0.1, 0.15) is 30.2 Å². The van der Waals surface area contributed by atoms with Crippen molar-refractivity contribution in [3.63, 3.8) is 0 Å². The van der Waals surface area contributed by atoms with Crippen molar-refractivity contribution < 1.29 is 57.3 Å². The number of allylic oxidation sites excluding steroid dienone is 2. The molecule has 0 radical (unpaired) electrons. The van der Waals surface area contributed by atoms with E-state index in [-0.39, 0.29) is 78.5 Å². The monoisotopic (exact) mass is 885 g/mol. The first kappa shape index (κ1) is 48.4. The van der Waals surface area contributed by atoms with Crippen molar-refractivity contribution in [2.45, 2.75) is 172 Å². The summed E-state index contributed by atoms with van der Waals surface area (Å²) in [6, 6.07) is 7.74. The van der Waals surface area contributed by atoms with Crippen molar-refractivity contribution in [1.29, 1.82) is 0 Å². The van der Waals surface area contributed by atoms with Crippen molar-refractivity contribution in [2.75, 3.05) is 42.5 Å². The van der Waals surface area contributed by atoms with Gasteiger partial charge < -0.3 is 58.0 Å². The van der Waals surface area contributed by atoms with E-state index in [4.69, 9.17) is 42.6 Å². The van der Waals surface area contributed by atoms with E-state index in [1.165, 1.54) is 0 Å². The Hall–Kier alpha value is -2.50. The lowest BCUT2D eigenvalue weighted by Gasteiger charge is -2.47. The van der Waals surface area contributed by atoms with Gasteiger partial charge in [0.25, 0.3) is 0 Å². The maximum Gasteiger partial charge on any atom is 0.306 e. The Balaban J connectivity index is 1.20. The lowest BCUT2D eigenvalue weighted by Crippen LogP contribution is -2.59. The van der Waals surface area contributed by atoms with Gasteiger partial charge in [-0.05, 0) is 126 Å². The van der Waals surface area contributed by atoms with Crippen molar-refractivity contribution in [1.82, 2.24) is 10.2 Å². The third kappa shape index (κ3) is 10.4. The molecule has 5 fully saturated rings. The molecule has 1 aromatic carbocycles. The van der Waals surface area contributed by atoms with Crippen molar-refractivity contribution in [3.05, 3.63) is 41.5 Å². The molecule has 2 saturated carbocycles. The van der Waals surface area contributed by atoms with Gasteiger partial charge in [0, 0.05) is 51.8 Å². The molecule has 3 heterocycles. The molecule has 0 bridgehead atoms. The zero-order valence-electron chi connectivity index (χ0n) is 39.3. The van der Waals surface area contributed by atoms with E-state index >= 15 is 4.79 Å². The van der Waals surface area contributed by atoms with Gasteiger partial charge in [0.15, 0.2) is 18.4 Å². The second-order valence-corrected chi connectivity index (χ2v) is 19.4. The fourth-order valence-electron chi connectivity index (χ4n) is 12.3. The average Bonchev–Trinajstić information content (AvgIpc) is 3.86. The Bertz CT molecular complexity index is 1690. The van der Waals surface area contributed by atoms with E-state index in [1.807, 2.05) is 45.0 Å². The van der Waals surface area contributed by atoms with Crippen LogP contribution in [0.5, 0.6) is 5.75 Å². The number of aliphatic hydroxyl groups excluding tert-OH is 1. The molecule has 63 heavy (non-hydrogen) atoms. The molecule has 3 aliphatic heterocycles. The summed E-state index contributed by atoms with van der Waals surface area (Å²) in [5, 5.41) is 16.4. The molecule has 1 aromatic rings. The molecule has 0 spiro atoms. The lowest BCUT2D eigenvalue weighted by atomic mass is 9.62. The maximum absolute atomic E-state index is 15.2. The number of nitrogens with one attached hydrogen (secondary N) is 1. The van der Waals surface area contributed by atoms with Crippen LogP contribution in [-0.4, -0.2) is 144 Å². The fourth-order valence-corrected chi connectivity index (χ4v) is 12.3. The normalized spacial score (nSPS) is 42.3. The number of nitrogens with zero attached hydrogens (tertiary/aromatic N) is 1. The Morgan fingerprint density at radius 3 is 2.21 bits per heavy atom. The van der Waals surface area contributed by atoms with Crippen LogP contribution < -0.4 is 10.1 Å². The molecule has 0 aromatic heterocycles. The van der Waals surface area contributed by atoms with Gasteiger partial charge in [0.2, 0.25) is 0 Å². The summed E-state index contributed by atoms with van der Waals surface area (Å²) in [6.07, 6.45) is 3.51. The van der Waals surface area contributed by atoms with Crippen LogP contribution in [0, 0.1) is 35.5 Å². The van der Waals surface area contributed by atoms with Gasteiger partial charge in [-0.3, -0.25) is 9.59 Å². The van der Waals surface area contributed by atoms with Crippen LogP contribution in [-0.2, 0) is 54.0 Å². The minimum atomic E-state index is -0.786. The lowest BCUT2D eigenvalue weighted by molar-refractivity contribution is -0.314. The number of hydrogen-bond donors (Lipinski definition) is 2. The molecular formula is C49H76N2O12. The predicted octanol–water partition coefficient (Wildman–Crippen LogP) is 5.46. The number of Topliss-reactive ketones (excluding diaryl/α,β-unsaturated/α-hetero) is 1. The second kappa shape index (κ2) is 21.4. The van der Waals surface area contributed by atoms with E-state index < -0.39 is 48.8 Å². The molecule has 4 unspecified atom stereocenters. The van der Waals surface area contributed by atoms with E-state index in [0.717, 1.165) is 30.6 Å². The summed E-state index contributed by atoms with van der Waals surface area (Å²) in [4.78, 5) is 31.5. The first-order chi connectivity index (χ1) is 30.3. The summed E-state index contributed by atoms with van der Waals surface area (Å²) >= 11 is 0. The highest BCUT2D eigenvalue weighted by molar-refractivity contribution is 5.99. The number of methoxy groups -OCH3 is 4. The van der Waals surface area contributed by atoms with E-state index in [2.05, 4.69) is 37.3 Å². The summed E-state index contributed by atoms with van der Waals surface area (Å²) in [5.41, 5.74) is 1.68. The molecule has 6 aliphatic rings. The number of rotatable bonds is 13. The number of carbonyl (C=O) groups excluding carboxylic acids is 2. The first-order valence-corrected chi connectivity index (χ1v) is 23.7. The smallest absolute Gasteiger partial charge is 0.306 e. The molecule has 3 saturated heterocycles. The number of carbonyl (C=O) groups is 2. The molecule has 3 aliphatic carbocycles. The number of aliphatic hydroxyl groups is 1. The number of fused-ring (bicyclic) bond motifs is 5. The van der Waals surface area contributed by atoms with Gasteiger partial charge in [-0.25, -0.2) is 0 Å². The minimum Gasteiger partial charge on any atom is -0.497 e. The number of ketones is 1. The molecule has 7 rings (SSSR count). The largest absolute Gasteiger partial charge is 0.497 e. The molecule has 19 atom stereocenters. The van der Waals surface area contributed by atoms with Gasteiger partial charge in [-0.15, -0.1) is 0 Å². The highest BCUT2D eigenvalue weighted by Crippen LogP contribution is 2.57. The second-order valence-electron chi connectivity index (χ2n) is 19.4. The van der Waals surface area contributed by atoms with Gasteiger partial charge >= 0.3 is 5.97 Å². The predicted molar refractivity (Wildman–Crippen MR) is 235 cm³/mol. The van der Waals surface area contributed by atoms with E-state index in [1.54, 1.807) is 28.4 Å². The topological polar surface area (TPSA) is 153 Å². The van der Waals surface area contributed by atoms with Crippen molar-refractivity contribution in [3.8, 4) is 5.75 Å². The molecule has 14 heteroatoms. The zero-order valence-corrected chi connectivity index (χ0v) is 39.3. The van der Waals surface area contributed by atoms with Crippen LogP contribution in [0.15, 0.2) is 35.9 Å². The highest BCUT2D eigenvalue weighted by Gasteiger charge is 2.59. The fraction of sp³-hybridized carbons (Fsp3) is 0.796. The third-order valence-corrected chi connectivity index (χ3v) is 15.6. The molecule has 0 amide bonds. The average molecular weight is 885 g/mol. The summed E-state index contributed by atoms with van der Waals surface area (Å²) in [7, 11) is 10.7. The van der Waals surface area contributed by atoms with Crippen LogP contribution >= 0.6 is 0 Å². The molecular weight excluding hydrogens is 809 g/mol. The molecule has 2 N–H and O–H groups in total. The standard InChI is InChI=1S/C49H76N2O12/c1-11-30-13-12-14-39(63-41-20-19-38(51(5)6)27(3)59-41)26(2)44(53)37-23-34-33-21-32(62-49-48(58-10)47(57-9)46(56-8)28(4)60-49)22-36(33)45(54)43(42(34)35(37)24-40(52)61-30)50-25-29-15-17-31(55-7)18-16-29/h15-18,23,26-28,30,32-36,38-39,41-43,45-50,54H,11-14,19-22,24-25H2,1-10H3/t26-,27?,28?,30+,32+,33+,34+,35-,36-,38+,39+,41+,42-,43-,45-,46+,47?,48?,49+/m1/s1. The Kier molecular flexibility index (Phi) is 16.5. The van der Waals surface area contributed by atoms with Crippen LogP contribution in [0.1, 0.15) is 91.0 Å². The van der Waals surface area contributed by atoms with Crippen molar-refractivity contribution >= 4 is 11.8 Å². The van der Waals surface area contributed by atoms with Crippen LogP contribution in [0.4, 0.5) is 0 Å². The summed E-state index contributed by atoms with van der Waals surface area (Å²) in [5.74, 6) is -1.05. The van der Waals surface area contributed by atoms with E-state index in [0.29, 0.717) is 50.3 Å². The number of likely N-dealkylation sites (N-methyl/N-ethyl adjacent to an activating group) is 1. The minimum absolute atomic E-state index is 0.00795. The number of cyclic esters (lactones) is 1. The SMILES string of the molecule is CC[C@H]1CCC[C@H](O[C@H]2CC[C@H](N(C)C)C(C)O2)[C@@H](C)C(=O)C2=C[C@H]3[C@@H]4C[C@H](O[C@@H]5OC(C)[C@H](OC)C(OC)C5OC)C[C@H]4[C@@H](O)[C@H](NCc4ccc(OC)cc4)[C@H]3[C@@H]2CC(=O)O1. The highest BCUT2D eigenvalue weighted by atomic mass is 16.7. The third-order valence-electron chi connectivity index (χ3n) is 15.6. The van der Waals surface area contributed by atoms with E-state index in [9.17, 15) is 9.90 Å². The number of hydrogen-bond acceptors (Lipinski definition) is 14.